The van der Waals surface area contributed by atoms with E-state index < -0.39 is 6.04 Å². The Morgan fingerprint density at radius 3 is 2.67 bits per heavy atom. The van der Waals surface area contributed by atoms with Crippen LogP contribution in [0.4, 0.5) is 0 Å². The Balaban J connectivity index is 1.47. The molecule has 1 aliphatic heterocycles. The molecule has 1 aliphatic rings. The topological polar surface area (TPSA) is 62.3 Å². The molecule has 0 radical (unpaired) electrons. The van der Waals surface area contributed by atoms with Crippen molar-refractivity contribution in [2.45, 2.75) is 25.3 Å². The summed E-state index contributed by atoms with van der Waals surface area (Å²) in [6.07, 6.45) is 5.70. The number of amides is 2. The third-order valence-electron chi connectivity index (χ3n) is 4.28. The average molecular weight is 323 g/mol. The lowest BCUT2D eigenvalue weighted by molar-refractivity contribution is -0.129. The molecule has 1 saturated heterocycles. The molecule has 1 fully saturated rings. The number of nitrogens with one attached hydrogen (secondary N) is 1. The van der Waals surface area contributed by atoms with E-state index in [9.17, 15) is 9.59 Å². The maximum Gasteiger partial charge on any atom is 0.252 e. The first-order chi connectivity index (χ1) is 11.7. The summed E-state index contributed by atoms with van der Waals surface area (Å²) < 4.78 is 0. The molecule has 0 bridgehead atoms. The number of aromatic nitrogens is 1. The molecule has 2 amide bonds. The van der Waals surface area contributed by atoms with E-state index in [1.54, 1.807) is 24.5 Å². The van der Waals surface area contributed by atoms with Crippen LogP contribution >= 0.6 is 0 Å². The zero-order valence-corrected chi connectivity index (χ0v) is 13.5. The standard InChI is InChI=1S/C19H21N3O2/c23-18(16-8-11-20-12-9-16)21-17-10-14-22(19(17)24)13-4-7-15-5-2-1-3-6-15/h1-3,5-6,8-9,11-12,17H,4,7,10,13-14H2,(H,21,23). The highest BCUT2D eigenvalue weighted by Crippen LogP contribution is 2.13. The summed E-state index contributed by atoms with van der Waals surface area (Å²) in [7, 11) is 0. The zero-order chi connectivity index (χ0) is 16.8. The Hall–Kier alpha value is -2.69. The van der Waals surface area contributed by atoms with Gasteiger partial charge in [-0.2, -0.15) is 0 Å². The predicted octanol–water partition coefficient (Wildman–Crippen LogP) is 2.05. The van der Waals surface area contributed by atoms with E-state index in [0.29, 0.717) is 18.5 Å². The van der Waals surface area contributed by atoms with Crippen LogP contribution in [-0.2, 0) is 11.2 Å². The van der Waals surface area contributed by atoms with Crippen LogP contribution in [0.15, 0.2) is 54.9 Å². The van der Waals surface area contributed by atoms with Crippen molar-refractivity contribution >= 4 is 11.8 Å². The van der Waals surface area contributed by atoms with E-state index >= 15 is 0 Å². The first-order valence-corrected chi connectivity index (χ1v) is 8.27. The molecule has 1 aromatic heterocycles. The maximum absolute atomic E-state index is 12.4. The number of hydrogen-bond donors (Lipinski definition) is 1. The minimum absolute atomic E-state index is 0.0190. The molecule has 1 N–H and O–H groups in total. The molecule has 0 aliphatic carbocycles. The molecule has 1 aromatic carbocycles. The highest BCUT2D eigenvalue weighted by atomic mass is 16.2. The Labute approximate surface area is 141 Å². The normalized spacial score (nSPS) is 17.1. The summed E-state index contributed by atoms with van der Waals surface area (Å²) in [5.74, 6) is -0.202. The molecular weight excluding hydrogens is 302 g/mol. The van der Waals surface area contributed by atoms with Crippen molar-refractivity contribution in [1.82, 2.24) is 15.2 Å². The summed E-state index contributed by atoms with van der Waals surface area (Å²) in [6.45, 7) is 1.43. The van der Waals surface area contributed by atoms with Gasteiger partial charge in [0.05, 0.1) is 0 Å². The predicted molar refractivity (Wildman–Crippen MR) is 91.5 cm³/mol. The molecule has 1 unspecified atom stereocenters. The first kappa shape index (κ1) is 16.2. The Bertz CT molecular complexity index is 688. The van der Waals surface area contributed by atoms with Crippen LogP contribution in [0.25, 0.3) is 0 Å². The van der Waals surface area contributed by atoms with Gasteiger partial charge in [0.1, 0.15) is 6.04 Å². The number of aryl methyl sites for hydroxylation is 1. The third kappa shape index (κ3) is 3.98. The number of pyridine rings is 1. The molecule has 5 nitrogen and oxygen atoms in total. The molecule has 5 heteroatoms. The van der Waals surface area contributed by atoms with Gasteiger partial charge in [0.15, 0.2) is 0 Å². The molecule has 0 saturated carbocycles. The van der Waals surface area contributed by atoms with Gasteiger partial charge in [-0.3, -0.25) is 14.6 Å². The van der Waals surface area contributed by atoms with Gasteiger partial charge in [0.25, 0.3) is 5.91 Å². The highest BCUT2D eigenvalue weighted by molar-refractivity contribution is 5.97. The van der Waals surface area contributed by atoms with Gasteiger partial charge in [-0.25, -0.2) is 0 Å². The number of carbonyl (C=O) groups is 2. The number of carbonyl (C=O) groups excluding carboxylic acids is 2. The van der Waals surface area contributed by atoms with Crippen molar-refractivity contribution in [1.29, 1.82) is 0 Å². The minimum atomic E-state index is -0.414. The summed E-state index contributed by atoms with van der Waals surface area (Å²) in [4.78, 5) is 30.3. The van der Waals surface area contributed by atoms with Gasteiger partial charge >= 0.3 is 0 Å². The van der Waals surface area contributed by atoms with Crippen molar-refractivity contribution in [3.05, 3.63) is 66.0 Å². The minimum Gasteiger partial charge on any atom is -0.341 e. The number of benzene rings is 1. The van der Waals surface area contributed by atoms with Crippen molar-refractivity contribution in [2.75, 3.05) is 13.1 Å². The maximum atomic E-state index is 12.4. The second kappa shape index (κ2) is 7.73. The molecule has 124 valence electrons. The van der Waals surface area contributed by atoms with Crippen LogP contribution < -0.4 is 5.32 Å². The second-order valence-corrected chi connectivity index (χ2v) is 5.97. The van der Waals surface area contributed by atoms with Crippen LogP contribution in [0.1, 0.15) is 28.8 Å². The van der Waals surface area contributed by atoms with Crippen LogP contribution in [-0.4, -0.2) is 40.8 Å². The van der Waals surface area contributed by atoms with E-state index in [1.165, 1.54) is 5.56 Å². The van der Waals surface area contributed by atoms with Gasteiger partial charge < -0.3 is 10.2 Å². The summed E-state index contributed by atoms with van der Waals surface area (Å²) in [5, 5.41) is 2.83. The fourth-order valence-electron chi connectivity index (χ4n) is 2.96. The van der Waals surface area contributed by atoms with Gasteiger partial charge in [-0.05, 0) is 37.0 Å². The SMILES string of the molecule is O=C(NC1CCN(CCCc2ccccc2)C1=O)c1ccncc1. The van der Waals surface area contributed by atoms with Crippen LogP contribution in [0.2, 0.25) is 0 Å². The van der Waals surface area contributed by atoms with E-state index in [2.05, 4.69) is 22.4 Å². The third-order valence-corrected chi connectivity index (χ3v) is 4.28. The summed E-state index contributed by atoms with van der Waals surface area (Å²) in [6, 6.07) is 13.1. The molecular formula is C19H21N3O2. The Morgan fingerprint density at radius 1 is 1.17 bits per heavy atom. The monoisotopic (exact) mass is 323 g/mol. The van der Waals surface area contributed by atoms with E-state index in [1.807, 2.05) is 23.1 Å². The molecule has 0 spiro atoms. The largest absolute Gasteiger partial charge is 0.341 e. The molecule has 2 heterocycles. The molecule has 3 rings (SSSR count). The first-order valence-electron chi connectivity index (χ1n) is 8.27. The quantitative estimate of drug-likeness (QED) is 0.885. The lowest BCUT2D eigenvalue weighted by Gasteiger charge is -2.17. The molecule has 1 atom stereocenters. The van der Waals surface area contributed by atoms with Gasteiger partial charge in [0.2, 0.25) is 5.91 Å². The lowest BCUT2D eigenvalue weighted by atomic mass is 10.1. The van der Waals surface area contributed by atoms with Gasteiger partial charge in [-0.15, -0.1) is 0 Å². The van der Waals surface area contributed by atoms with Crippen molar-refractivity contribution < 1.29 is 9.59 Å². The van der Waals surface area contributed by atoms with Gasteiger partial charge in [-0.1, -0.05) is 30.3 Å². The number of rotatable bonds is 6. The summed E-state index contributed by atoms with van der Waals surface area (Å²) >= 11 is 0. The fraction of sp³-hybridized carbons (Fsp3) is 0.316. The van der Waals surface area contributed by atoms with Crippen molar-refractivity contribution in [2.24, 2.45) is 0 Å². The number of nitrogens with zero attached hydrogens (tertiary/aromatic N) is 2. The number of likely N-dealkylation sites (tertiary alicyclic amines) is 1. The van der Waals surface area contributed by atoms with E-state index in [-0.39, 0.29) is 11.8 Å². The highest BCUT2D eigenvalue weighted by Gasteiger charge is 2.32. The average Bonchev–Trinajstić information content (AvgIpc) is 2.97. The van der Waals surface area contributed by atoms with Gasteiger partial charge in [0, 0.05) is 31.0 Å². The van der Waals surface area contributed by atoms with E-state index in [0.717, 1.165) is 19.4 Å². The molecule has 2 aromatic rings. The molecule has 24 heavy (non-hydrogen) atoms. The van der Waals surface area contributed by atoms with Crippen molar-refractivity contribution in [3.8, 4) is 0 Å². The fourth-order valence-corrected chi connectivity index (χ4v) is 2.96. The van der Waals surface area contributed by atoms with E-state index in [4.69, 9.17) is 0 Å². The summed E-state index contributed by atoms with van der Waals surface area (Å²) in [5.41, 5.74) is 1.81. The number of hydrogen-bond acceptors (Lipinski definition) is 3. The second-order valence-electron chi connectivity index (χ2n) is 5.97. The van der Waals surface area contributed by atoms with Crippen LogP contribution in [0.3, 0.4) is 0 Å². The lowest BCUT2D eigenvalue weighted by Crippen LogP contribution is -2.41. The van der Waals surface area contributed by atoms with Crippen LogP contribution in [0.5, 0.6) is 0 Å². The smallest absolute Gasteiger partial charge is 0.252 e. The zero-order valence-electron chi connectivity index (χ0n) is 13.5. The Kier molecular flexibility index (Phi) is 5.21. The Morgan fingerprint density at radius 2 is 1.92 bits per heavy atom. The van der Waals surface area contributed by atoms with Crippen LogP contribution in [0, 0.1) is 0 Å². The van der Waals surface area contributed by atoms with Crippen molar-refractivity contribution in [3.63, 3.8) is 0 Å².